The van der Waals surface area contributed by atoms with E-state index in [0.717, 1.165) is 17.5 Å². The van der Waals surface area contributed by atoms with E-state index < -0.39 is 0 Å². The summed E-state index contributed by atoms with van der Waals surface area (Å²) >= 11 is 1.99. The van der Waals surface area contributed by atoms with Crippen LogP contribution in [0.2, 0.25) is 0 Å². The molecule has 17 heavy (non-hydrogen) atoms. The SMILES string of the molecule is O=C(NCCSC1CCCC1)c1cccnc1. The summed E-state index contributed by atoms with van der Waals surface area (Å²) in [6.07, 6.45) is 8.72. The molecule has 1 N–H and O–H groups in total. The van der Waals surface area contributed by atoms with Gasteiger partial charge in [-0.3, -0.25) is 9.78 Å². The Morgan fingerprint density at radius 3 is 3.00 bits per heavy atom. The maximum Gasteiger partial charge on any atom is 0.252 e. The van der Waals surface area contributed by atoms with Crippen LogP contribution in [0, 0.1) is 0 Å². The number of hydrogen-bond acceptors (Lipinski definition) is 3. The molecule has 0 spiro atoms. The van der Waals surface area contributed by atoms with Gasteiger partial charge in [0, 0.05) is 29.9 Å². The van der Waals surface area contributed by atoms with Gasteiger partial charge < -0.3 is 5.32 Å². The van der Waals surface area contributed by atoms with Gasteiger partial charge in [0.1, 0.15) is 0 Å². The molecule has 1 aliphatic carbocycles. The van der Waals surface area contributed by atoms with E-state index >= 15 is 0 Å². The van der Waals surface area contributed by atoms with Crippen molar-refractivity contribution in [3.8, 4) is 0 Å². The lowest BCUT2D eigenvalue weighted by atomic mass is 10.3. The summed E-state index contributed by atoms with van der Waals surface area (Å²) in [4.78, 5) is 15.6. The predicted molar refractivity (Wildman–Crippen MR) is 71.3 cm³/mol. The second-order valence-electron chi connectivity index (χ2n) is 4.27. The summed E-state index contributed by atoms with van der Waals surface area (Å²) in [5, 5.41) is 3.75. The van der Waals surface area contributed by atoms with Crippen molar-refractivity contribution >= 4 is 17.7 Å². The number of rotatable bonds is 5. The van der Waals surface area contributed by atoms with Gasteiger partial charge in [0.05, 0.1) is 5.56 Å². The zero-order valence-corrected chi connectivity index (χ0v) is 10.7. The highest BCUT2D eigenvalue weighted by Gasteiger charge is 2.14. The van der Waals surface area contributed by atoms with Crippen LogP contribution in [-0.4, -0.2) is 28.4 Å². The molecule has 0 saturated heterocycles. The molecule has 1 aliphatic rings. The average molecular weight is 250 g/mol. The van der Waals surface area contributed by atoms with Crippen molar-refractivity contribution in [1.82, 2.24) is 10.3 Å². The molecule has 0 radical (unpaired) electrons. The molecular weight excluding hydrogens is 232 g/mol. The van der Waals surface area contributed by atoms with Crippen LogP contribution in [-0.2, 0) is 0 Å². The van der Waals surface area contributed by atoms with Crippen molar-refractivity contribution in [2.24, 2.45) is 0 Å². The quantitative estimate of drug-likeness (QED) is 0.816. The summed E-state index contributed by atoms with van der Waals surface area (Å²) in [5.41, 5.74) is 0.637. The maximum absolute atomic E-state index is 11.7. The number of amides is 1. The number of carbonyl (C=O) groups excluding carboxylic acids is 1. The van der Waals surface area contributed by atoms with E-state index in [1.54, 1.807) is 24.5 Å². The number of thioether (sulfide) groups is 1. The largest absolute Gasteiger partial charge is 0.351 e. The molecule has 0 atom stereocenters. The van der Waals surface area contributed by atoms with Crippen molar-refractivity contribution < 1.29 is 4.79 Å². The van der Waals surface area contributed by atoms with E-state index in [2.05, 4.69) is 10.3 Å². The van der Waals surface area contributed by atoms with E-state index in [1.807, 2.05) is 11.8 Å². The standard InChI is InChI=1S/C13H18N2OS/c16-13(11-4-3-7-14-10-11)15-8-9-17-12-5-1-2-6-12/h3-4,7,10,12H,1-2,5-6,8-9H2,(H,15,16). The topological polar surface area (TPSA) is 42.0 Å². The number of aromatic nitrogens is 1. The van der Waals surface area contributed by atoms with E-state index in [1.165, 1.54) is 25.7 Å². The van der Waals surface area contributed by atoms with Gasteiger partial charge in [-0.05, 0) is 25.0 Å². The van der Waals surface area contributed by atoms with Crippen LogP contribution in [0.15, 0.2) is 24.5 Å². The molecule has 2 rings (SSSR count). The molecule has 1 fully saturated rings. The van der Waals surface area contributed by atoms with Crippen molar-refractivity contribution in [3.63, 3.8) is 0 Å². The third-order valence-electron chi connectivity index (χ3n) is 2.97. The summed E-state index contributed by atoms with van der Waals surface area (Å²) in [7, 11) is 0. The number of pyridine rings is 1. The normalized spacial score (nSPS) is 16.0. The van der Waals surface area contributed by atoms with Crippen LogP contribution in [0.3, 0.4) is 0 Å². The molecule has 3 nitrogen and oxygen atoms in total. The van der Waals surface area contributed by atoms with E-state index in [-0.39, 0.29) is 5.91 Å². The lowest BCUT2D eigenvalue weighted by Gasteiger charge is -2.09. The Balaban J connectivity index is 1.63. The Morgan fingerprint density at radius 2 is 2.29 bits per heavy atom. The Labute approximate surface area is 106 Å². The first kappa shape index (κ1) is 12.4. The fourth-order valence-corrected chi connectivity index (χ4v) is 3.26. The molecule has 0 unspecified atom stereocenters. The van der Waals surface area contributed by atoms with Crippen LogP contribution in [0.1, 0.15) is 36.0 Å². The molecule has 1 amide bonds. The first-order valence-corrected chi connectivity index (χ1v) is 7.21. The Morgan fingerprint density at radius 1 is 1.47 bits per heavy atom. The third-order valence-corrected chi connectivity index (χ3v) is 4.35. The number of nitrogens with zero attached hydrogens (tertiary/aromatic N) is 1. The molecule has 0 aliphatic heterocycles. The van der Waals surface area contributed by atoms with Gasteiger partial charge in [-0.25, -0.2) is 0 Å². The molecule has 92 valence electrons. The fourth-order valence-electron chi connectivity index (χ4n) is 2.04. The maximum atomic E-state index is 11.7. The van der Waals surface area contributed by atoms with Gasteiger partial charge in [-0.2, -0.15) is 11.8 Å². The predicted octanol–water partition coefficient (Wildman–Crippen LogP) is 2.49. The van der Waals surface area contributed by atoms with Gasteiger partial charge in [-0.1, -0.05) is 12.8 Å². The fraction of sp³-hybridized carbons (Fsp3) is 0.538. The zero-order valence-electron chi connectivity index (χ0n) is 9.89. The van der Waals surface area contributed by atoms with Gasteiger partial charge >= 0.3 is 0 Å². The van der Waals surface area contributed by atoms with Crippen molar-refractivity contribution in [1.29, 1.82) is 0 Å². The number of nitrogens with one attached hydrogen (secondary N) is 1. The molecule has 1 aromatic heterocycles. The molecule has 4 heteroatoms. The highest BCUT2D eigenvalue weighted by molar-refractivity contribution is 7.99. The van der Waals surface area contributed by atoms with Crippen LogP contribution < -0.4 is 5.32 Å². The third kappa shape index (κ3) is 4.04. The second kappa shape index (κ2) is 6.64. The van der Waals surface area contributed by atoms with E-state index in [4.69, 9.17) is 0 Å². The molecule has 0 aromatic carbocycles. The molecule has 1 heterocycles. The van der Waals surface area contributed by atoms with Gasteiger partial charge in [-0.15, -0.1) is 0 Å². The molecule has 1 aromatic rings. The smallest absolute Gasteiger partial charge is 0.252 e. The lowest BCUT2D eigenvalue weighted by Crippen LogP contribution is -2.26. The second-order valence-corrected chi connectivity index (χ2v) is 5.68. The molecule has 1 saturated carbocycles. The van der Waals surface area contributed by atoms with Crippen molar-refractivity contribution in [2.45, 2.75) is 30.9 Å². The van der Waals surface area contributed by atoms with Crippen LogP contribution >= 0.6 is 11.8 Å². The van der Waals surface area contributed by atoms with Gasteiger partial charge in [0.25, 0.3) is 5.91 Å². The Bertz CT molecular complexity index is 350. The summed E-state index contributed by atoms with van der Waals surface area (Å²) in [6.45, 7) is 0.745. The summed E-state index contributed by atoms with van der Waals surface area (Å²) in [6, 6.07) is 3.56. The molecular formula is C13H18N2OS. The molecule has 0 bridgehead atoms. The van der Waals surface area contributed by atoms with Crippen molar-refractivity contribution in [2.75, 3.05) is 12.3 Å². The average Bonchev–Trinajstić information content (AvgIpc) is 2.88. The van der Waals surface area contributed by atoms with Crippen LogP contribution in [0.5, 0.6) is 0 Å². The highest BCUT2D eigenvalue weighted by atomic mass is 32.2. The Kier molecular flexibility index (Phi) is 4.86. The summed E-state index contributed by atoms with van der Waals surface area (Å²) in [5.74, 6) is 0.988. The first-order chi connectivity index (χ1) is 8.36. The highest BCUT2D eigenvalue weighted by Crippen LogP contribution is 2.28. The van der Waals surface area contributed by atoms with Crippen LogP contribution in [0.25, 0.3) is 0 Å². The van der Waals surface area contributed by atoms with E-state index in [0.29, 0.717) is 5.56 Å². The van der Waals surface area contributed by atoms with Gasteiger partial charge in [0.15, 0.2) is 0 Å². The Hall–Kier alpha value is -1.03. The minimum atomic E-state index is -0.0230. The minimum absolute atomic E-state index is 0.0230. The monoisotopic (exact) mass is 250 g/mol. The summed E-state index contributed by atoms with van der Waals surface area (Å²) < 4.78 is 0. The number of hydrogen-bond donors (Lipinski definition) is 1. The van der Waals surface area contributed by atoms with Crippen molar-refractivity contribution in [3.05, 3.63) is 30.1 Å². The van der Waals surface area contributed by atoms with E-state index in [9.17, 15) is 4.79 Å². The van der Waals surface area contributed by atoms with Crippen LogP contribution in [0.4, 0.5) is 0 Å². The zero-order chi connectivity index (χ0) is 11.9. The minimum Gasteiger partial charge on any atom is -0.351 e. The van der Waals surface area contributed by atoms with Gasteiger partial charge in [0.2, 0.25) is 0 Å². The number of carbonyl (C=O) groups is 1. The lowest BCUT2D eigenvalue weighted by molar-refractivity contribution is 0.0956. The first-order valence-electron chi connectivity index (χ1n) is 6.16.